The van der Waals surface area contributed by atoms with E-state index in [1.165, 1.54) is 0 Å². The minimum Gasteiger partial charge on any atom is -0.457 e. The number of rotatable bonds is 10. The minimum absolute atomic E-state index is 0.115. The molecule has 1 aliphatic rings. The lowest BCUT2D eigenvalue weighted by molar-refractivity contribution is -0.165. The molecular weight excluding hydrogens is 292 g/mol. The Hall–Kier alpha value is -1.32. The van der Waals surface area contributed by atoms with E-state index in [0.717, 1.165) is 44.9 Å². The summed E-state index contributed by atoms with van der Waals surface area (Å²) in [4.78, 5) is 24.1. The van der Waals surface area contributed by atoms with Crippen molar-refractivity contribution in [3.63, 3.8) is 0 Å². The van der Waals surface area contributed by atoms with Gasteiger partial charge in [-0.05, 0) is 46.0 Å². The van der Waals surface area contributed by atoms with Crippen LogP contribution in [-0.4, -0.2) is 23.6 Å². The predicted molar refractivity (Wildman–Crippen MR) is 91.0 cm³/mol. The molecule has 132 valence electrons. The number of carbonyl (C=O) groups excluding carboxylic acids is 2. The van der Waals surface area contributed by atoms with E-state index in [-0.39, 0.29) is 11.9 Å². The fourth-order valence-electron chi connectivity index (χ4n) is 2.85. The second-order valence-electron chi connectivity index (χ2n) is 6.99. The first-order valence-electron chi connectivity index (χ1n) is 8.98. The van der Waals surface area contributed by atoms with E-state index in [9.17, 15) is 9.59 Å². The number of esters is 2. The van der Waals surface area contributed by atoms with Gasteiger partial charge in [-0.3, -0.25) is 4.79 Å². The molecule has 0 aromatic carbocycles. The second kappa shape index (κ2) is 9.74. The fourth-order valence-corrected chi connectivity index (χ4v) is 2.85. The molecule has 2 atom stereocenters. The van der Waals surface area contributed by atoms with Crippen LogP contribution in [0.4, 0.5) is 0 Å². The number of cyclic esters (lactones) is 1. The van der Waals surface area contributed by atoms with Gasteiger partial charge < -0.3 is 9.47 Å². The minimum atomic E-state index is -0.735. The highest BCUT2D eigenvalue weighted by atomic mass is 16.6. The normalized spacial score (nSPS) is 21.4. The maximum absolute atomic E-state index is 12.4. The monoisotopic (exact) mass is 324 g/mol. The van der Waals surface area contributed by atoms with E-state index in [4.69, 9.17) is 9.47 Å². The van der Waals surface area contributed by atoms with Crippen molar-refractivity contribution in [3.05, 3.63) is 12.2 Å². The van der Waals surface area contributed by atoms with Gasteiger partial charge in [-0.15, -0.1) is 0 Å². The van der Waals surface area contributed by atoms with E-state index in [1.807, 2.05) is 13.8 Å². The summed E-state index contributed by atoms with van der Waals surface area (Å²) >= 11 is 0. The molecule has 4 nitrogen and oxygen atoms in total. The Kier molecular flexibility index (Phi) is 8.35. The summed E-state index contributed by atoms with van der Waals surface area (Å²) < 4.78 is 10.7. The van der Waals surface area contributed by atoms with Gasteiger partial charge in [0.1, 0.15) is 5.60 Å². The smallest absolute Gasteiger partial charge is 0.348 e. The average molecular weight is 324 g/mol. The largest absolute Gasteiger partial charge is 0.457 e. The van der Waals surface area contributed by atoms with Gasteiger partial charge in [0.15, 0.2) is 0 Å². The van der Waals surface area contributed by atoms with Gasteiger partial charge in [-0.2, -0.15) is 0 Å². The average Bonchev–Trinajstić information content (AvgIpc) is 2.73. The van der Waals surface area contributed by atoms with Crippen molar-refractivity contribution < 1.29 is 19.1 Å². The Morgan fingerprint density at radius 2 is 1.96 bits per heavy atom. The van der Waals surface area contributed by atoms with E-state index in [0.29, 0.717) is 6.42 Å². The molecule has 0 N–H and O–H groups in total. The molecule has 1 fully saturated rings. The fraction of sp³-hybridized carbons (Fsp3) is 0.789. The van der Waals surface area contributed by atoms with Crippen LogP contribution in [-0.2, 0) is 19.1 Å². The number of carbonyl (C=O) groups is 2. The van der Waals surface area contributed by atoms with Crippen molar-refractivity contribution >= 4 is 11.9 Å². The number of hydrogen-bond donors (Lipinski definition) is 0. The Morgan fingerprint density at radius 3 is 2.52 bits per heavy atom. The maximum Gasteiger partial charge on any atom is 0.348 e. The Labute approximate surface area is 140 Å². The third kappa shape index (κ3) is 7.19. The zero-order chi connectivity index (χ0) is 17.3. The number of ether oxygens (including phenoxy) is 2. The molecule has 4 heteroatoms. The summed E-state index contributed by atoms with van der Waals surface area (Å²) in [7, 11) is 0. The zero-order valence-corrected chi connectivity index (χ0v) is 15.1. The number of unbranched alkanes of at least 4 members (excludes halogenated alkanes) is 2. The van der Waals surface area contributed by atoms with Crippen LogP contribution in [0.1, 0.15) is 79.1 Å². The van der Waals surface area contributed by atoms with Crippen molar-refractivity contribution in [2.45, 2.75) is 90.8 Å². The van der Waals surface area contributed by atoms with Crippen LogP contribution in [0.15, 0.2) is 12.2 Å². The van der Waals surface area contributed by atoms with Gasteiger partial charge in [0.05, 0.1) is 5.92 Å². The molecule has 0 saturated carbocycles. The lowest BCUT2D eigenvalue weighted by Gasteiger charge is -2.17. The van der Waals surface area contributed by atoms with Gasteiger partial charge in [0.2, 0.25) is 6.10 Å². The molecule has 0 radical (unpaired) electrons. The summed E-state index contributed by atoms with van der Waals surface area (Å²) in [5.74, 6) is -0.777. The summed E-state index contributed by atoms with van der Waals surface area (Å²) in [6, 6.07) is 0. The molecule has 1 aliphatic heterocycles. The van der Waals surface area contributed by atoms with Gasteiger partial charge in [0, 0.05) is 6.42 Å². The molecule has 1 saturated heterocycles. The lowest BCUT2D eigenvalue weighted by Crippen LogP contribution is -2.27. The highest BCUT2D eigenvalue weighted by molar-refractivity contribution is 5.82. The van der Waals surface area contributed by atoms with Crippen LogP contribution in [0.5, 0.6) is 0 Å². The first kappa shape index (κ1) is 19.7. The van der Waals surface area contributed by atoms with Crippen LogP contribution in [0.2, 0.25) is 0 Å². The summed E-state index contributed by atoms with van der Waals surface area (Å²) in [5, 5.41) is 0. The van der Waals surface area contributed by atoms with Crippen molar-refractivity contribution in [3.8, 4) is 0 Å². The first-order valence-corrected chi connectivity index (χ1v) is 8.98. The van der Waals surface area contributed by atoms with E-state index < -0.39 is 17.7 Å². The molecule has 0 amide bonds. The maximum atomic E-state index is 12.4. The van der Waals surface area contributed by atoms with Gasteiger partial charge in [-0.25, -0.2) is 4.79 Å². The highest BCUT2D eigenvalue weighted by Crippen LogP contribution is 2.29. The van der Waals surface area contributed by atoms with Crippen LogP contribution in [0.25, 0.3) is 0 Å². The quantitative estimate of drug-likeness (QED) is 0.336. The second-order valence-corrected chi connectivity index (χ2v) is 6.99. The van der Waals surface area contributed by atoms with E-state index in [1.54, 1.807) is 0 Å². The summed E-state index contributed by atoms with van der Waals surface area (Å²) in [5.41, 5.74) is -0.535. The molecule has 23 heavy (non-hydrogen) atoms. The lowest BCUT2D eigenvalue weighted by atomic mass is 9.96. The topological polar surface area (TPSA) is 52.6 Å². The predicted octanol–water partition coefficient (Wildman–Crippen LogP) is 4.57. The molecule has 0 spiro atoms. The van der Waals surface area contributed by atoms with Gasteiger partial charge in [-0.1, -0.05) is 38.8 Å². The van der Waals surface area contributed by atoms with Crippen molar-refractivity contribution in [1.82, 2.24) is 0 Å². The summed E-state index contributed by atoms with van der Waals surface area (Å²) in [6.07, 6.45) is 10.9. The molecule has 1 heterocycles. The first-order chi connectivity index (χ1) is 10.9. The number of hydrogen-bond acceptors (Lipinski definition) is 4. The molecule has 2 unspecified atom stereocenters. The molecule has 0 aliphatic carbocycles. The molecule has 1 rings (SSSR count). The van der Waals surface area contributed by atoms with Crippen LogP contribution in [0, 0.1) is 5.92 Å². The number of allylic oxidation sites excluding steroid dienone is 2. The highest BCUT2D eigenvalue weighted by Gasteiger charge is 2.43. The van der Waals surface area contributed by atoms with Crippen LogP contribution in [0.3, 0.4) is 0 Å². The van der Waals surface area contributed by atoms with E-state index in [2.05, 4.69) is 26.0 Å². The Bertz CT molecular complexity index is 412. The Balaban J connectivity index is 2.43. The van der Waals surface area contributed by atoms with Crippen molar-refractivity contribution in [1.29, 1.82) is 0 Å². The van der Waals surface area contributed by atoms with Crippen molar-refractivity contribution in [2.24, 2.45) is 5.92 Å². The van der Waals surface area contributed by atoms with Crippen LogP contribution < -0.4 is 0 Å². The Morgan fingerprint density at radius 1 is 1.26 bits per heavy atom. The third-order valence-corrected chi connectivity index (χ3v) is 4.09. The van der Waals surface area contributed by atoms with Gasteiger partial charge in [0.25, 0.3) is 0 Å². The zero-order valence-electron chi connectivity index (χ0n) is 15.1. The summed E-state index contributed by atoms with van der Waals surface area (Å²) in [6.45, 7) is 7.90. The molecule has 0 aromatic heterocycles. The van der Waals surface area contributed by atoms with Gasteiger partial charge >= 0.3 is 11.9 Å². The van der Waals surface area contributed by atoms with E-state index >= 15 is 0 Å². The van der Waals surface area contributed by atoms with Crippen LogP contribution >= 0.6 is 0 Å². The SMILES string of the molecule is CCCC=CCCCC(CCC)C(=O)OC1CC(C)(C)OC1=O. The molecule has 0 aromatic rings. The molecular formula is C19H32O4. The standard InChI is InChI=1S/C19H32O4/c1-5-7-8-9-10-11-13-15(12-6-2)17(20)22-16-14-19(3,4)23-18(16)21/h8-9,15-16H,5-7,10-14H2,1-4H3. The third-order valence-electron chi connectivity index (χ3n) is 4.09. The van der Waals surface area contributed by atoms with Crippen molar-refractivity contribution in [2.75, 3.05) is 0 Å². The molecule has 0 bridgehead atoms.